The number of hydrogen-bond donors (Lipinski definition) is 2. The number of hydrogen-bond acceptors (Lipinski definition) is 3. The normalized spacial score (nSPS) is 19.8. The predicted octanol–water partition coefficient (Wildman–Crippen LogP) is 3.23. The van der Waals surface area contributed by atoms with E-state index in [2.05, 4.69) is 5.32 Å². The number of thioether (sulfide) groups is 1. The van der Waals surface area contributed by atoms with Gasteiger partial charge in [0.2, 0.25) is 0 Å². The van der Waals surface area contributed by atoms with Gasteiger partial charge in [0.05, 0.1) is 6.10 Å². The van der Waals surface area contributed by atoms with E-state index in [1.54, 1.807) is 18.7 Å². The number of likely N-dealkylation sites (tertiary alicyclic amines) is 1. The lowest BCUT2D eigenvalue weighted by Crippen LogP contribution is -2.47. The molecule has 0 spiro atoms. The summed E-state index contributed by atoms with van der Waals surface area (Å²) in [7, 11) is 0. The second-order valence-corrected chi connectivity index (χ2v) is 7.23. The third kappa shape index (κ3) is 5.38. The Hall–Kier alpha value is -0.910. The van der Waals surface area contributed by atoms with E-state index in [4.69, 9.17) is 11.6 Å². The zero-order valence-electron chi connectivity index (χ0n) is 12.8. The van der Waals surface area contributed by atoms with Crippen LogP contribution in [0.25, 0.3) is 0 Å². The molecule has 0 radical (unpaired) electrons. The number of carbonyl (C=O) groups excluding carboxylic acids is 1. The summed E-state index contributed by atoms with van der Waals surface area (Å²) in [6.45, 7) is 3.85. The summed E-state index contributed by atoms with van der Waals surface area (Å²) < 4.78 is 0. The highest BCUT2D eigenvalue weighted by Crippen LogP contribution is 2.21. The Balaban J connectivity index is 1.68. The number of benzene rings is 1. The third-order valence-electron chi connectivity index (χ3n) is 3.89. The standard InChI is InChI=1S/C16H23ClN2O2S/c1-12(20)13-3-2-9-19(11-13)16(21)18-8-10-22-15-6-4-14(17)5-7-15/h4-7,12-13,20H,2-3,8-11H2,1H3,(H,18,21)/t12-,13+/m1/s1. The number of urea groups is 1. The summed E-state index contributed by atoms with van der Waals surface area (Å²) in [6, 6.07) is 7.67. The highest BCUT2D eigenvalue weighted by Gasteiger charge is 2.26. The summed E-state index contributed by atoms with van der Waals surface area (Å²) >= 11 is 7.54. The van der Waals surface area contributed by atoms with Gasteiger partial charge in [-0.2, -0.15) is 0 Å². The minimum absolute atomic E-state index is 0.0259. The molecule has 6 heteroatoms. The van der Waals surface area contributed by atoms with Crippen molar-refractivity contribution < 1.29 is 9.90 Å². The van der Waals surface area contributed by atoms with Gasteiger partial charge in [-0.3, -0.25) is 0 Å². The van der Waals surface area contributed by atoms with Gasteiger partial charge in [-0.05, 0) is 44.0 Å². The van der Waals surface area contributed by atoms with Crippen molar-refractivity contribution in [1.82, 2.24) is 10.2 Å². The SMILES string of the molecule is C[C@@H](O)[C@H]1CCCN(C(=O)NCCSc2ccc(Cl)cc2)C1. The number of piperidine rings is 1. The monoisotopic (exact) mass is 342 g/mol. The largest absolute Gasteiger partial charge is 0.393 e. The average molecular weight is 343 g/mol. The maximum atomic E-state index is 12.1. The first-order valence-corrected chi connectivity index (χ1v) is 9.02. The zero-order valence-corrected chi connectivity index (χ0v) is 14.4. The fourth-order valence-corrected chi connectivity index (χ4v) is 3.45. The average Bonchev–Trinajstić information content (AvgIpc) is 2.53. The van der Waals surface area contributed by atoms with Gasteiger partial charge in [0.1, 0.15) is 0 Å². The maximum Gasteiger partial charge on any atom is 0.317 e. The van der Waals surface area contributed by atoms with Crippen LogP contribution in [0.4, 0.5) is 4.79 Å². The molecule has 0 aliphatic carbocycles. The second kappa shape index (κ2) is 8.65. The smallest absolute Gasteiger partial charge is 0.317 e. The summed E-state index contributed by atoms with van der Waals surface area (Å²) in [6.07, 6.45) is 1.60. The van der Waals surface area contributed by atoms with Gasteiger partial charge in [-0.1, -0.05) is 11.6 Å². The minimum Gasteiger partial charge on any atom is -0.393 e. The van der Waals surface area contributed by atoms with Gasteiger partial charge in [-0.15, -0.1) is 11.8 Å². The lowest BCUT2D eigenvalue weighted by Gasteiger charge is -2.34. The van der Waals surface area contributed by atoms with Gasteiger partial charge in [0, 0.05) is 41.2 Å². The quantitative estimate of drug-likeness (QED) is 0.638. The molecule has 1 aliphatic heterocycles. The van der Waals surface area contributed by atoms with E-state index in [1.165, 1.54) is 0 Å². The van der Waals surface area contributed by atoms with Crippen LogP contribution in [0.3, 0.4) is 0 Å². The molecule has 4 nitrogen and oxygen atoms in total. The van der Waals surface area contributed by atoms with Gasteiger partial charge in [-0.25, -0.2) is 4.79 Å². The lowest BCUT2D eigenvalue weighted by atomic mass is 9.94. The van der Waals surface area contributed by atoms with Crippen LogP contribution in [-0.2, 0) is 0 Å². The molecule has 2 atom stereocenters. The highest BCUT2D eigenvalue weighted by atomic mass is 35.5. The lowest BCUT2D eigenvalue weighted by molar-refractivity contribution is 0.0741. The number of nitrogens with zero attached hydrogens (tertiary/aromatic N) is 1. The molecule has 0 saturated carbocycles. The molecular formula is C16H23ClN2O2S. The van der Waals surface area contributed by atoms with Crippen LogP contribution in [0.2, 0.25) is 5.02 Å². The number of aliphatic hydroxyl groups is 1. The fourth-order valence-electron chi connectivity index (χ4n) is 2.56. The molecule has 1 aromatic rings. The molecule has 0 bridgehead atoms. The number of halogens is 1. The van der Waals surface area contributed by atoms with E-state index in [-0.39, 0.29) is 18.1 Å². The number of aliphatic hydroxyl groups excluding tert-OH is 1. The van der Waals surface area contributed by atoms with Crippen LogP contribution in [0.5, 0.6) is 0 Å². The summed E-state index contributed by atoms with van der Waals surface area (Å²) in [4.78, 5) is 15.1. The summed E-state index contributed by atoms with van der Waals surface area (Å²) in [5.74, 6) is 1.02. The van der Waals surface area contributed by atoms with Crippen molar-refractivity contribution in [3.63, 3.8) is 0 Å². The minimum atomic E-state index is -0.351. The Morgan fingerprint density at radius 2 is 2.23 bits per heavy atom. The van der Waals surface area contributed by atoms with Crippen molar-refractivity contribution in [3.05, 3.63) is 29.3 Å². The molecular weight excluding hydrogens is 320 g/mol. The van der Waals surface area contributed by atoms with Crippen molar-refractivity contribution in [2.75, 3.05) is 25.4 Å². The van der Waals surface area contributed by atoms with Crippen molar-refractivity contribution in [3.8, 4) is 0 Å². The summed E-state index contributed by atoms with van der Waals surface area (Å²) in [5, 5.41) is 13.3. The van der Waals surface area contributed by atoms with Crippen LogP contribution in [0, 0.1) is 5.92 Å². The molecule has 2 N–H and O–H groups in total. The Morgan fingerprint density at radius 1 is 1.50 bits per heavy atom. The van der Waals surface area contributed by atoms with E-state index < -0.39 is 0 Å². The Morgan fingerprint density at radius 3 is 2.91 bits per heavy atom. The number of amides is 2. The van der Waals surface area contributed by atoms with Crippen LogP contribution in [0.15, 0.2) is 29.2 Å². The molecule has 0 unspecified atom stereocenters. The number of carbonyl (C=O) groups is 1. The number of nitrogens with one attached hydrogen (secondary N) is 1. The first-order chi connectivity index (χ1) is 10.6. The molecule has 1 aliphatic rings. The number of rotatable bonds is 5. The van der Waals surface area contributed by atoms with Crippen LogP contribution >= 0.6 is 23.4 Å². The van der Waals surface area contributed by atoms with Crippen molar-refractivity contribution in [2.24, 2.45) is 5.92 Å². The maximum absolute atomic E-state index is 12.1. The topological polar surface area (TPSA) is 52.6 Å². The Bertz CT molecular complexity index is 482. The Labute approximate surface area is 141 Å². The molecule has 2 rings (SSSR count). The van der Waals surface area contributed by atoms with Gasteiger partial charge in [0.15, 0.2) is 0 Å². The molecule has 0 aromatic heterocycles. The second-order valence-electron chi connectivity index (χ2n) is 5.62. The van der Waals surface area contributed by atoms with Gasteiger partial charge >= 0.3 is 6.03 Å². The Kier molecular flexibility index (Phi) is 6.86. The van der Waals surface area contributed by atoms with E-state index in [0.29, 0.717) is 13.1 Å². The van der Waals surface area contributed by atoms with Gasteiger partial charge < -0.3 is 15.3 Å². The predicted molar refractivity (Wildman–Crippen MR) is 91.6 cm³/mol. The molecule has 1 saturated heterocycles. The van der Waals surface area contributed by atoms with Crippen molar-refractivity contribution >= 4 is 29.4 Å². The van der Waals surface area contributed by atoms with Crippen LogP contribution < -0.4 is 5.32 Å². The first-order valence-electron chi connectivity index (χ1n) is 7.65. The molecule has 122 valence electrons. The van der Waals surface area contributed by atoms with Crippen LogP contribution in [0.1, 0.15) is 19.8 Å². The van der Waals surface area contributed by atoms with E-state index >= 15 is 0 Å². The zero-order chi connectivity index (χ0) is 15.9. The van der Waals surface area contributed by atoms with Crippen LogP contribution in [-0.4, -0.2) is 47.5 Å². The molecule has 1 aromatic carbocycles. The highest BCUT2D eigenvalue weighted by molar-refractivity contribution is 7.99. The van der Waals surface area contributed by atoms with Gasteiger partial charge in [0.25, 0.3) is 0 Å². The molecule has 2 amide bonds. The molecule has 22 heavy (non-hydrogen) atoms. The fraction of sp³-hybridized carbons (Fsp3) is 0.562. The first kappa shape index (κ1) is 17.4. The van der Waals surface area contributed by atoms with E-state index in [0.717, 1.165) is 35.1 Å². The van der Waals surface area contributed by atoms with Crippen molar-refractivity contribution in [2.45, 2.75) is 30.8 Å². The summed E-state index contributed by atoms with van der Waals surface area (Å²) in [5.41, 5.74) is 0. The third-order valence-corrected chi connectivity index (χ3v) is 5.15. The van der Waals surface area contributed by atoms with E-state index in [1.807, 2.05) is 29.2 Å². The van der Waals surface area contributed by atoms with Crippen molar-refractivity contribution in [1.29, 1.82) is 0 Å². The molecule has 1 heterocycles. The van der Waals surface area contributed by atoms with E-state index in [9.17, 15) is 9.90 Å². The molecule has 1 fully saturated rings.